The third kappa shape index (κ3) is 5.81. The predicted octanol–water partition coefficient (Wildman–Crippen LogP) is 1.45. The lowest BCUT2D eigenvalue weighted by Crippen LogP contribution is -2.44. The van der Waals surface area contributed by atoms with Crippen molar-refractivity contribution in [3.05, 3.63) is 12.7 Å². The minimum atomic E-state index is -3.54. The van der Waals surface area contributed by atoms with Gasteiger partial charge in [-0.05, 0) is 34.1 Å². The van der Waals surface area contributed by atoms with Gasteiger partial charge in [0.05, 0.1) is 5.75 Å². The van der Waals surface area contributed by atoms with Crippen LogP contribution < -0.4 is 0 Å². The van der Waals surface area contributed by atoms with Crippen molar-refractivity contribution in [2.75, 3.05) is 31.9 Å². The Balaban J connectivity index is 2.70. The van der Waals surface area contributed by atoms with Gasteiger partial charge in [-0.2, -0.15) is 0 Å². The van der Waals surface area contributed by atoms with Crippen LogP contribution in [0.15, 0.2) is 12.7 Å². The maximum atomic E-state index is 12.5. The maximum absolute atomic E-state index is 12.5. The number of hydrogen-bond acceptors (Lipinski definition) is 5. The highest BCUT2D eigenvalue weighted by Crippen LogP contribution is 2.14. The van der Waals surface area contributed by atoms with Crippen molar-refractivity contribution in [1.82, 2.24) is 9.80 Å². The molecule has 1 saturated heterocycles. The first-order valence-corrected chi connectivity index (χ1v) is 9.78. The molecule has 0 aliphatic carbocycles. The van der Waals surface area contributed by atoms with Gasteiger partial charge in [0.15, 0.2) is 9.84 Å². The molecule has 24 heavy (non-hydrogen) atoms. The molecule has 1 heterocycles. The Hall–Kier alpha value is -1.57. The van der Waals surface area contributed by atoms with Gasteiger partial charge in [-0.1, -0.05) is 6.08 Å². The van der Waals surface area contributed by atoms with Crippen LogP contribution in [0.25, 0.3) is 0 Å². The van der Waals surface area contributed by atoms with Crippen molar-refractivity contribution in [2.24, 2.45) is 0 Å². The molecule has 0 spiro atoms. The molecule has 1 aliphatic heterocycles. The monoisotopic (exact) mass is 360 g/mol. The lowest BCUT2D eigenvalue weighted by Gasteiger charge is -2.27. The first-order valence-electron chi connectivity index (χ1n) is 8.07. The molecule has 0 radical (unpaired) electrons. The summed E-state index contributed by atoms with van der Waals surface area (Å²) >= 11 is 0. The second-order valence-corrected chi connectivity index (χ2v) is 9.27. The lowest BCUT2D eigenvalue weighted by molar-refractivity contribution is -0.130. The van der Waals surface area contributed by atoms with Crippen LogP contribution in [0.3, 0.4) is 0 Å². The Labute approximate surface area is 144 Å². The van der Waals surface area contributed by atoms with Gasteiger partial charge < -0.3 is 14.5 Å². The summed E-state index contributed by atoms with van der Waals surface area (Å²) in [5.41, 5.74) is -0.577. The zero-order valence-electron chi connectivity index (χ0n) is 14.9. The third-order valence-electron chi connectivity index (χ3n) is 3.70. The van der Waals surface area contributed by atoms with E-state index in [0.717, 1.165) is 0 Å². The predicted molar refractivity (Wildman–Crippen MR) is 92.4 cm³/mol. The minimum Gasteiger partial charge on any atom is -0.444 e. The smallest absolute Gasteiger partial charge is 0.410 e. The highest BCUT2D eigenvalue weighted by Gasteiger charge is 2.32. The van der Waals surface area contributed by atoms with Crippen LogP contribution in [-0.4, -0.2) is 73.0 Å². The molecule has 0 aromatic heterocycles. The maximum Gasteiger partial charge on any atom is 0.410 e. The van der Waals surface area contributed by atoms with Crippen LogP contribution >= 0.6 is 0 Å². The van der Waals surface area contributed by atoms with E-state index in [1.165, 1.54) is 17.9 Å². The first kappa shape index (κ1) is 20.5. The zero-order chi connectivity index (χ0) is 18.5. The highest BCUT2D eigenvalue weighted by molar-refractivity contribution is 7.92. The van der Waals surface area contributed by atoms with E-state index >= 15 is 0 Å². The lowest BCUT2D eigenvalue weighted by atomic mass is 10.2. The fraction of sp³-hybridized carbons (Fsp3) is 0.750. The summed E-state index contributed by atoms with van der Waals surface area (Å²) in [7, 11) is -3.54. The molecule has 8 heteroatoms. The average Bonchev–Trinajstić information content (AvgIpc) is 2.69. The van der Waals surface area contributed by atoms with E-state index < -0.39 is 32.7 Å². The van der Waals surface area contributed by atoms with Gasteiger partial charge >= 0.3 is 6.09 Å². The fourth-order valence-electron chi connectivity index (χ4n) is 2.37. The molecule has 0 N–H and O–H groups in total. The summed E-state index contributed by atoms with van der Waals surface area (Å²) in [6.07, 6.45) is 1.45. The molecular weight excluding hydrogens is 332 g/mol. The SMILES string of the molecule is C=CCS(=O)(=O)C(C)C(=O)N1CCCN(C(=O)OC(C)(C)C)CC1. The number of amides is 2. The summed E-state index contributed by atoms with van der Waals surface area (Å²) in [5.74, 6) is -0.652. The second kappa shape index (κ2) is 8.00. The fourth-order valence-corrected chi connectivity index (χ4v) is 3.44. The number of sulfone groups is 1. The Morgan fingerprint density at radius 2 is 1.71 bits per heavy atom. The number of carbonyl (C=O) groups excluding carboxylic acids is 2. The van der Waals surface area contributed by atoms with Crippen molar-refractivity contribution >= 4 is 21.8 Å². The Morgan fingerprint density at radius 1 is 1.17 bits per heavy atom. The summed E-state index contributed by atoms with van der Waals surface area (Å²) < 4.78 is 29.4. The molecule has 0 aromatic rings. The molecule has 1 fully saturated rings. The standard InChI is InChI=1S/C16H28N2O5S/c1-6-12-24(21,22)13(2)14(19)17-8-7-9-18(11-10-17)15(20)23-16(3,4)5/h6,13H,1,7-12H2,2-5H3. The minimum absolute atomic E-state index is 0.224. The van der Waals surface area contributed by atoms with Gasteiger partial charge in [0.2, 0.25) is 5.91 Å². The number of hydrogen-bond donors (Lipinski definition) is 0. The average molecular weight is 360 g/mol. The number of rotatable bonds is 4. The summed E-state index contributed by atoms with van der Waals surface area (Å²) in [6, 6.07) is 0. The van der Waals surface area contributed by atoms with E-state index in [-0.39, 0.29) is 5.75 Å². The van der Waals surface area contributed by atoms with E-state index in [4.69, 9.17) is 4.74 Å². The van der Waals surface area contributed by atoms with Crippen molar-refractivity contribution in [2.45, 2.75) is 45.0 Å². The van der Waals surface area contributed by atoms with Crippen LogP contribution in [0.4, 0.5) is 4.79 Å². The van der Waals surface area contributed by atoms with Gasteiger partial charge in [0.25, 0.3) is 0 Å². The van der Waals surface area contributed by atoms with Crippen molar-refractivity contribution < 1.29 is 22.7 Å². The molecule has 1 unspecified atom stereocenters. The molecule has 7 nitrogen and oxygen atoms in total. The molecule has 2 amide bonds. The second-order valence-electron chi connectivity index (χ2n) is 6.91. The molecule has 138 valence electrons. The van der Waals surface area contributed by atoms with E-state index in [0.29, 0.717) is 32.6 Å². The van der Waals surface area contributed by atoms with E-state index in [1.54, 1.807) is 25.7 Å². The summed E-state index contributed by atoms with van der Waals surface area (Å²) in [6.45, 7) is 11.7. The van der Waals surface area contributed by atoms with Gasteiger partial charge in [-0.3, -0.25) is 4.79 Å². The van der Waals surface area contributed by atoms with Gasteiger partial charge in [-0.25, -0.2) is 13.2 Å². The summed E-state index contributed by atoms with van der Waals surface area (Å²) in [4.78, 5) is 27.6. The topological polar surface area (TPSA) is 84.0 Å². The number of ether oxygens (including phenoxy) is 1. The first-order chi connectivity index (χ1) is 11.0. The van der Waals surface area contributed by atoms with Crippen molar-refractivity contribution in [1.29, 1.82) is 0 Å². The molecule has 0 aromatic carbocycles. The largest absolute Gasteiger partial charge is 0.444 e. The number of nitrogens with zero attached hydrogens (tertiary/aromatic N) is 2. The van der Waals surface area contributed by atoms with Gasteiger partial charge in [-0.15, -0.1) is 6.58 Å². The quantitative estimate of drug-likeness (QED) is 0.709. The van der Waals surface area contributed by atoms with E-state index in [9.17, 15) is 18.0 Å². The molecule has 1 aliphatic rings. The van der Waals surface area contributed by atoms with Crippen LogP contribution in [0, 0.1) is 0 Å². The van der Waals surface area contributed by atoms with E-state index in [1.807, 2.05) is 0 Å². The van der Waals surface area contributed by atoms with Crippen molar-refractivity contribution in [3.8, 4) is 0 Å². The van der Waals surface area contributed by atoms with Crippen LogP contribution in [0.1, 0.15) is 34.1 Å². The number of carbonyl (C=O) groups is 2. The van der Waals surface area contributed by atoms with Crippen LogP contribution in [-0.2, 0) is 19.4 Å². The molecular formula is C16H28N2O5S. The Morgan fingerprint density at radius 3 is 2.25 bits per heavy atom. The van der Waals surface area contributed by atoms with Gasteiger partial charge in [0, 0.05) is 26.2 Å². The van der Waals surface area contributed by atoms with Crippen LogP contribution in [0.5, 0.6) is 0 Å². The summed E-state index contributed by atoms with van der Waals surface area (Å²) in [5, 5.41) is -1.11. The third-order valence-corrected chi connectivity index (χ3v) is 5.68. The Kier molecular flexibility index (Phi) is 6.83. The highest BCUT2D eigenvalue weighted by atomic mass is 32.2. The van der Waals surface area contributed by atoms with E-state index in [2.05, 4.69) is 6.58 Å². The molecule has 0 saturated carbocycles. The molecule has 1 atom stereocenters. The van der Waals surface area contributed by atoms with Gasteiger partial charge in [0.1, 0.15) is 10.9 Å². The van der Waals surface area contributed by atoms with Crippen LogP contribution in [0.2, 0.25) is 0 Å². The Bertz CT molecular complexity index is 580. The molecule has 1 rings (SSSR count). The normalized spacial score (nSPS) is 17.8. The van der Waals surface area contributed by atoms with Crippen molar-refractivity contribution in [3.63, 3.8) is 0 Å². The molecule has 0 bridgehead atoms. The zero-order valence-corrected chi connectivity index (χ0v) is 15.8.